The third-order valence-corrected chi connectivity index (χ3v) is 4.10. The van der Waals surface area contributed by atoms with E-state index < -0.39 is 0 Å². The normalized spacial score (nSPS) is 10.9. The van der Waals surface area contributed by atoms with Crippen LogP contribution < -0.4 is 0 Å². The third-order valence-electron chi connectivity index (χ3n) is 3.61. The van der Waals surface area contributed by atoms with Gasteiger partial charge in [-0.25, -0.2) is 4.68 Å². The first kappa shape index (κ1) is 14.1. The molecular weight excluding hydrogens is 324 g/mol. The predicted octanol–water partition coefficient (Wildman–Crippen LogP) is 5.23. The minimum atomic E-state index is 1.08. The zero-order chi connectivity index (χ0) is 15.0. The maximum absolute atomic E-state index is 4.55. The smallest absolute Gasteiger partial charge is 0.0704 e. The molecule has 106 valence electrons. The van der Waals surface area contributed by atoms with E-state index in [1.807, 2.05) is 23.0 Å². The van der Waals surface area contributed by atoms with Crippen LogP contribution in [-0.2, 0) is 0 Å². The Bertz CT molecular complexity index is 779. The predicted molar refractivity (Wildman–Crippen MR) is 90.9 cm³/mol. The number of aromatic nitrogens is 2. The average molecular weight is 341 g/mol. The van der Waals surface area contributed by atoms with Crippen LogP contribution >= 0.6 is 15.9 Å². The summed E-state index contributed by atoms with van der Waals surface area (Å²) in [4.78, 5) is 0. The van der Waals surface area contributed by atoms with Crippen molar-refractivity contribution in [3.63, 3.8) is 0 Å². The van der Waals surface area contributed by atoms with Crippen LogP contribution in [0.2, 0.25) is 0 Å². The van der Waals surface area contributed by atoms with Gasteiger partial charge in [0, 0.05) is 16.2 Å². The van der Waals surface area contributed by atoms with Gasteiger partial charge in [0.15, 0.2) is 0 Å². The van der Waals surface area contributed by atoms with E-state index in [1.165, 1.54) is 22.4 Å². The van der Waals surface area contributed by atoms with Gasteiger partial charge in [0.25, 0.3) is 0 Å². The Balaban J connectivity index is 2.07. The first-order chi connectivity index (χ1) is 10.0. The summed E-state index contributed by atoms with van der Waals surface area (Å²) in [6.07, 6.45) is 4.01. The summed E-state index contributed by atoms with van der Waals surface area (Å²) in [6, 6.07) is 12.7. The van der Waals surface area contributed by atoms with Crippen molar-refractivity contribution < 1.29 is 0 Å². The number of aryl methyl sites for hydroxylation is 3. The van der Waals surface area contributed by atoms with Gasteiger partial charge in [-0.1, -0.05) is 45.8 Å². The quantitative estimate of drug-likeness (QED) is 0.624. The largest absolute Gasteiger partial charge is 0.240 e. The molecule has 0 fully saturated rings. The van der Waals surface area contributed by atoms with Gasteiger partial charge in [0.05, 0.1) is 11.9 Å². The summed E-state index contributed by atoms with van der Waals surface area (Å²) >= 11 is 3.52. The topological polar surface area (TPSA) is 17.8 Å². The van der Waals surface area contributed by atoms with Crippen molar-refractivity contribution >= 4 is 15.9 Å². The Morgan fingerprint density at radius 3 is 2.33 bits per heavy atom. The first-order valence-electron chi connectivity index (χ1n) is 6.93. The highest BCUT2D eigenvalue weighted by molar-refractivity contribution is 9.10. The zero-order valence-corrected chi connectivity index (χ0v) is 14.0. The molecule has 0 bridgehead atoms. The van der Waals surface area contributed by atoms with Crippen LogP contribution in [0, 0.1) is 20.8 Å². The molecule has 0 atom stereocenters. The fourth-order valence-corrected chi connectivity index (χ4v) is 3.20. The molecule has 0 aliphatic carbocycles. The van der Waals surface area contributed by atoms with Gasteiger partial charge in [-0.2, -0.15) is 5.10 Å². The number of benzene rings is 2. The van der Waals surface area contributed by atoms with Gasteiger partial charge in [-0.15, -0.1) is 0 Å². The molecule has 0 amide bonds. The lowest BCUT2D eigenvalue weighted by Crippen LogP contribution is -2.01. The number of halogens is 1. The number of hydrogen-bond donors (Lipinski definition) is 0. The van der Waals surface area contributed by atoms with Crippen molar-refractivity contribution in [3.8, 4) is 16.8 Å². The van der Waals surface area contributed by atoms with Crippen molar-refractivity contribution in [2.24, 2.45) is 0 Å². The second-order valence-electron chi connectivity index (χ2n) is 5.43. The molecule has 0 saturated heterocycles. The van der Waals surface area contributed by atoms with Crippen molar-refractivity contribution in [2.45, 2.75) is 20.8 Å². The molecule has 0 aliphatic heterocycles. The molecule has 1 aromatic heterocycles. The highest BCUT2D eigenvalue weighted by Gasteiger charge is 2.09. The highest BCUT2D eigenvalue weighted by atomic mass is 79.9. The second kappa shape index (κ2) is 5.49. The molecule has 0 N–H and O–H groups in total. The summed E-state index contributed by atoms with van der Waals surface area (Å²) < 4.78 is 3.05. The third kappa shape index (κ3) is 2.79. The number of hydrogen-bond acceptors (Lipinski definition) is 1. The van der Waals surface area contributed by atoms with E-state index in [4.69, 9.17) is 0 Å². The standard InChI is InChI=1S/C18H17BrN2/c1-12-7-13(2)18(14(3)8-12)21-11-16(10-20-21)15-5-4-6-17(19)9-15/h4-11H,1-3H3. The molecule has 3 aromatic rings. The molecule has 0 aliphatic rings. The Morgan fingerprint density at radius 1 is 0.952 bits per heavy atom. The van der Waals surface area contributed by atoms with E-state index in [0.29, 0.717) is 0 Å². The highest BCUT2D eigenvalue weighted by Crippen LogP contribution is 2.26. The van der Waals surface area contributed by atoms with E-state index in [1.54, 1.807) is 0 Å². The van der Waals surface area contributed by atoms with Crippen LogP contribution in [0.15, 0.2) is 53.3 Å². The summed E-state index contributed by atoms with van der Waals surface area (Å²) in [5, 5.41) is 4.55. The van der Waals surface area contributed by atoms with Crippen molar-refractivity contribution in [3.05, 3.63) is 70.0 Å². The Hall–Kier alpha value is -1.87. The van der Waals surface area contributed by atoms with Crippen molar-refractivity contribution in [1.29, 1.82) is 0 Å². The molecule has 0 unspecified atom stereocenters. The molecule has 2 nitrogen and oxygen atoms in total. The van der Waals surface area contributed by atoms with Gasteiger partial charge in [-0.05, 0) is 49.6 Å². The minimum Gasteiger partial charge on any atom is -0.240 e. The molecule has 0 radical (unpaired) electrons. The second-order valence-corrected chi connectivity index (χ2v) is 6.35. The zero-order valence-electron chi connectivity index (χ0n) is 12.4. The Kier molecular flexibility index (Phi) is 3.68. The van der Waals surface area contributed by atoms with E-state index in [2.05, 4.69) is 72.3 Å². The molecule has 21 heavy (non-hydrogen) atoms. The SMILES string of the molecule is Cc1cc(C)c(-n2cc(-c3cccc(Br)c3)cn2)c(C)c1. The van der Waals surface area contributed by atoms with E-state index >= 15 is 0 Å². The van der Waals surface area contributed by atoms with Crippen LogP contribution in [-0.4, -0.2) is 9.78 Å². The first-order valence-corrected chi connectivity index (χ1v) is 7.73. The summed E-state index contributed by atoms with van der Waals surface area (Å²) in [7, 11) is 0. The van der Waals surface area contributed by atoms with E-state index in [0.717, 1.165) is 15.6 Å². The monoisotopic (exact) mass is 340 g/mol. The van der Waals surface area contributed by atoms with Gasteiger partial charge in [0.1, 0.15) is 0 Å². The summed E-state index contributed by atoms with van der Waals surface area (Å²) in [5.74, 6) is 0. The molecular formula is C18H17BrN2. The van der Waals surface area contributed by atoms with Crippen LogP contribution in [0.3, 0.4) is 0 Å². The lowest BCUT2D eigenvalue weighted by Gasteiger charge is -2.11. The Labute approximate surface area is 133 Å². The molecule has 3 rings (SSSR count). The van der Waals surface area contributed by atoms with Crippen LogP contribution in [0.4, 0.5) is 0 Å². The van der Waals surface area contributed by atoms with Gasteiger partial charge < -0.3 is 0 Å². The fourth-order valence-electron chi connectivity index (χ4n) is 2.80. The van der Waals surface area contributed by atoms with Gasteiger partial charge >= 0.3 is 0 Å². The van der Waals surface area contributed by atoms with Crippen LogP contribution in [0.25, 0.3) is 16.8 Å². The number of nitrogens with zero attached hydrogens (tertiary/aromatic N) is 2. The van der Waals surface area contributed by atoms with E-state index in [-0.39, 0.29) is 0 Å². The fraction of sp³-hybridized carbons (Fsp3) is 0.167. The maximum Gasteiger partial charge on any atom is 0.0704 e. The van der Waals surface area contributed by atoms with Crippen LogP contribution in [0.1, 0.15) is 16.7 Å². The van der Waals surface area contributed by atoms with Crippen molar-refractivity contribution in [2.75, 3.05) is 0 Å². The minimum absolute atomic E-state index is 1.08. The molecule has 2 aromatic carbocycles. The maximum atomic E-state index is 4.55. The van der Waals surface area contributed by atoms with Crippen molar-refractivity contribution in [1.82, 2.24) is 9.78 Å². The average Bonchev–Trinajstić information content (AvgIpc) is 2.87. The molecule has 0 spiro atoms. The number of rotatable bonds is 2. The molecule has 1 heterocycles. The summed E-state index contributed by atoms with van der Waals surface area (Å²) in [6.45, 7) is 6.39. The van der Waals surface area contributed by atoms with E-state index in [9.17, 15) is 0 Å². The van der Waals surface area contributed by atoms with Gasteiger partial charge in [-0.3, -0.25) is 0 Å². The lowest BCUT2D eigenvalue weighted by molar-refractivity contribution is 0.864. The molecule has 3 heteroatoms. The Morgan fingerprint density at radius 2 is 1.67 bits per heavy atom. The van der Waals surface area contributed by atoms with Crippen LogP contribution in [0.5, 0.6) is 0 Å². The molecule has 0 saturated carbocycles. The lowest BCUT2D eigenvalue weighted by atomic mass is 10.1. The summed E-state index contributed by atoms with van der Waals surface area (Å²) in [5.41, 5.74) is 7.23. The van der Waals surface area contributed by atoms with Gasteiger partial charge in [0.2, 0.25) is 0 Å².